The van der Waals surface area contributed by atoms with Crippen LogP contribution in [0.2, 0.25) is 0 Å². The Balaban J connectivity index is 1.52. The molecule has 2 aromatic rings. The van der Waals surface area contributed by atoms with Crippen LogP contribution in [0.25, 0.3) is 0 Å². The topological polar surface area (TPSA) is 244 Å². The number of aliphatic hydroxyl groups excluding tert-OH is 2. The number of nitrogens with one attached hydrogen (secondary N) is 1. The summed E-state index contributed by atoms with van der Waals surface area (Å²) in [6.45, 7) is 9.45. The molecule has 60 heavy (non-hydrogen) atoms. The van der Waals surface area contributed by atoms with E-state index < -0.39 is 113 Å². The Bertz CT molecular complexity index is 2060. The van der Waals surface area contributed by atoms with Crippen LogP contribution in [0.3, 0.4) is 0 Å². The highest BCUT2D eigenvalue weighted by Crippen LogP contribution is 2.64. The van der Waals surface area contributed by atoms with Crippen molar-refractivity contribution in [3.8, 4) is 0 Å². The first kappa shape index (κ1) is 44.2. The fraction of sp³-hybridized carbons (Fsp3) is 0.535. The zero-order valence-corrected chi connectivity index (χ0v) is 34.4. The Kier molecular flexibility index (Phi) is 12.2. The van der Waals surface area contributed by atoms with Crippen molar-refractivity contribution in [2.45, 2.75) is 115 Å². The minimum atomic E-state index is -2.41. The second-order valence-corrected chi connectivity index (χ2v) is 16.4. The van der Waals surface area contributed by atoms with E-state index in [4.69, 9.17) is 32.8 Å². The summed E-state index contributed by atoms with van der Waals surface area (Å²) in [6, 6.07) is 9.11. The molecule has 3 fully saturated rings. The van der Waals surface area contributed by atoms with Crippen molar-refractivity contribution < 1.29 is 76.9 Å². The zero-order valence-electron chi connectivity index (χ0n) is 34.4. The van der Waals surface area contributed by atoms with E-state index in [9.17, 15) is 39.3 Å². The molecular formula is C43H51NO16. The van der Waals surface area contributed by atoms with Gasteiger partial charge < -0.3 is 53.5 Å². The van der Waals surface area contributed by atoms with Gasteiger partial charge in [0.05, 0.1) is 35.9 Å². The van der Waals surface area contributed by atoms with Crippen LogP contribution >= 0.6 is 0 Å². The van der Waals surface area contributed by atoms with Gasteiger partial charge in [0.15, 0.2) is 23.6 Å². The van der Waals surface area contributed by atoms with Crippen LogP contribution in [0.15, 0.2) is 76.4 Å². The summed E-state index contributed by atoms with van der Waals surface area (Å²) >= 11 is 0. The number of carbonyl (C=O) groups is 6. The number of esters is 4. The molecule has 1 amide bonds. The largest absolute Gasteiger partial charge is 0.467 e. The Morgan fingerprint density at radius 1 is 1.00 bits per heavy atom. The standard InChI is InChI=1S/C43H51NO16/c1-8-9-17-55-39(52)44-31(26-16-13-18-54-26)32(48)38(51)58-27-20-43(53)36(59-37(50)25-14-11-10-12-15-25)34-41(7,28(47)19-29-42(34,21-56-29)60-24(4)46)35(49)33(57-23(3)45)30(22(27)2)40(43,5)6/h8-16,18,27-29,31-34,36,47-48,53H,17,19-21H2,1-7H3,(H,44,52)/t27?,28?,29?,31?,32?,33?,34?,36?,41-,42+,43?/m1/s1. The molecule has 1 aliphatic heterocycles. The first-order chi connectivity index (χ1) is 28.2. The summed E-state index contributed by atoms with van der Waals surface area (Å²) < 4.78 is 40.5. The molecule has 1 saturated heterocycles. The number of hydrogen-bond donors (Lipinski definition) is 4. The Morgan fingerprint density at radius 2 is 1.70 bits per heavy atom. The van der Waals surface area contributed by atoms with Gasteiger partial charge >= 0.3 is 30.0 Å². The maximum atomic E-state index is 15.4. The SMILES string of the molecule is CC=CCOC(=O)NC(c1ccco1)C(O)C(=O)OC1CC2(O)C(OC(=O)c3ccccc3)C3[C@]4(OC(C)=O)COC4CC(O)[C@@]3(C)C(=O)C(OC(C)=O)C(=C1C)C2(C)C. The average Bonchev–Trinajstić information content (AvgIpc) is 3.73. The molecule has 1 aromatic heterocycles. The van der Waals surface area contributed by atoms with E-state index in [1.807, 2.05) is 0 Å². The quantitative estimate of drug-likeness (QED) is 0.144. The number of allylic oxidation sites excluding steroid dienone is 1. The summed E-state index contributed by atoms with van der Waals surface area (Å²) in [7, 11) is 0. The van der Waals surface area contributed by atoms with E-state index in [0.717, 1.165) is 13.8 Å². The second kappa shape index (κ2) is 16.6. The molecule has 4 N–H and O–H groups in total. The van der Waals surface area contributed by atoms with Gasteiger partial charge in [-0.1, -0.05) is 44.2 Å². The molecule has 17 nitrogen and oxygen atoms in total. The van der Waals surface area contributed by atoms with Crippen molar-refractivity contribution in [3.63, 3.8) is 0 Å². The number of Topliss-reactive ketones (excluding diaryl/α,β-unsaturated/α-hetero) is 1. The number of hydrogen-bond acceptors (Lipinski definition) is 16. The van der Waals surface area contributed by atoms with Gasteiger partial charge in [-0.2, -0.15) is 0 Å². The van der Waals surface area contributed by atoms with Crippen molar-refractivity contribution in [2.75, 3.05) is 13.2 Å². The van der Waals surface area contributed by atoms with Crippen LogP contribution in [0.1, 0.15) is 83.5 Å². The van der Waals surface area contributed by atoms with Gasteiger partial charge in [0, 0.05) is 32.1 Å². The summed E-state index contributed by atoms with van der Waals surface area (Å²) in [6.07, 6.45) is -7.29. The lowest BCUT2D eigenvalue weighted by Gasteiger charge is -2.67. The van der Waals surface area contributed by atoms with E-state index in [0.29, 0.717) is 0 Å². The second-order valence-electron chi connectivity index (χ2n) is 16.4. The maximum absolute atomic E-state index is 15.4. The Morgan fingerprint density at radius 3 is 2.28 bits per heavy atom. The molecule has 17 heteroatoms. The van der Waals surface area contributed by atoms with Crippen molar-refractivity contribution in [3.05, 3.63) is 83.3 Å². The molecule has 2 bridgehead atoms. The van der Waals surface area contributed by atoms with Gasteiger partial charge in [0.2, 0.25) is 0 Å². The molecule has 4 aliphatic rings. The molecule has 3 aliphatic carbocycles. The van der Waals surface area contributed by atoms with Gasteiger partial charge in [-0.15, -0.1) is 0 Å². The van der Waals surface area contributed by atoms with Crippen LogP contribution in [0.5, 0.6) is 0 Å². The third kappa shape index (κ3) is 7.41. The highest BCUT2D eigenvalue weighted by atomic mass is 16.6. The van der Waals surface area contributed by atoms with E-state index in [1.165, 1.54) is 58.2 Å². The number of aliphatic hydroxyl groups is 3. The first-order valence-electron chi connectivity index (χ1n) is 19.6. The molecule has 2 saturated carbocycles. The first-order valence-corrected chi connectivity index (χ1v) is 19.6. The molecule has 1 aromatic carbocycles. The number of carbonyl (C=O) groups excluding carboxylic acids is 6. The molecule has 6 rings (SSSR count). The number of benzene rings is 1. The summed E-state index contributed by atoms with van der Waals surface area (Å²) in [5.74, 6) is -6.44. The molecular weight excluding hydrogens is 786 g/mol. The number of rotatable bonds is 11. The summed E-state index contributed by atoms with van der Waals surface area (Å²) in [5.41, 5.74) is -7.77. The normalized spacial score (nSPS) is 32.7. The van der Waals surface area contributed by atoms with E-state index >= 15 is 4.79 Å². The van der Waals surface area contributed by atoms with E-state index in [1.54, 1.807) is 37.3 Å². The number of amides is 1. The molecule has 0 spiro atoms. The minimum Gasteiger partial charge on any atom is -0.467 e. The predicted octanol–water partition coefficient (Wildman–Crippen LogP) is 3.20. The van der Waals surface area contributed by atoms with Crippen molar-refractivity contribution in [2.24, 2.45) is 16.7 Å². The number of ether oxygens (including phenoxy) is 6. The summed E-state index contributed by atoms with van der Waals surface area (Å²) in [5, 5.41) is 39.5. The smallest absolute Gasteiger partial charge is 0.408 e. The molecule has 9 unspecified atom stereocenters. The lowest BCUT2D eigenvalue weighted by atomic mass is 9.44. The maximum Gasteiger partial charge on any atom is 0.408 e. The molecule has 0 radical (unpaired) electrons. The number of fused-ring (bicyclic) bond motifs is 5. The molecule has 2 heterocycles. The molecule has 11 atom stereocenters. The zero-order chi connectivity index (χ0) is 43.9. The van der Waals surface area contributed by atoms with Crippen LogP contribution in [0, 0.1) is 16.7 Å². The number of furan rings is 1. The monoisotopic (exact) mass is 837 g/mol. The third-order valence-corrected chi connectivity index (χ3v) is 12.7. The number of ketones is 1. The van der Waals surface area contributed by atoms with E-state index in [-0.39, 0.29) is 42.1 Å². The van der Waals surface area contributed by atoms with Gasteiger partial charge in [0.1, 0.15) is 42.3 Å². The number of alkyl carbamates (subject to hydrolysis) is 1. The fourth-order valence-corrected chi connectivity index (χ4v) is 9.53. The lowest BCUT2D eigenvalue weighted by Crippen LogP contribution is -2.82. The van der Waals surface area contributed by atoms with Crippen LogP contribution in [-0.2, 0) is 47.6 Å². The van der Waals surface area contributed by atoms with Crippen molar-refractivity contribution in [1.29, 1.82) is 0 Å². The average molecular weight is 838 g/mol. The third-order valence-electron chi connectivity index (χ3n) is 12.7. The predicted molar refractivity (Wildman–Crippen MR) is 205 cm³/mol. The van der Waals surface area contributed by atoms with Crippen LogP contribution < -0.4 is 5.32 Å². The summed E-state index contributed by atoms with van der Waals surface area (Å²) in [4.78, 5) is 82.2. The Labute approximate surface area is 346 Å². The van der Waals surface area contributed by atoms with Gasteiger partial charge in [0.25, 0.3) is 0 Å². The van der Waals surface area contributed by atoms with Crippen LogP contribution in [-0.4, -0.2) is 112 Å². The van der Waals surface area contributed by atoms with Crippen molar-refractivity contribution in [1.82, 2.24) is 5.32 Å². The Hall–Kier alpha value is -5.36. The van der Waals surface area contributed by atoms with Crippen LogP contribution in [0.4, 0.5) is 4.79 Å². The molecule has 324 valence electrons. The van der Waals surface area contributed by atoms with Gasteiger partial charge in [-0.3, -0.25) is 14.4 Å². The highest BCUT2D eigenvalue weighted by molar-refractivity contribution is 5.95. The minimum absolute atomic E-state index is 0.0295. The fourth-order valence-electron chi connectivity index (χ4n) is 9.53. The van der Waals surface area contributed by atoms with E-state index in [2.05, 4.69) is 5.32 Å². The highest BCUT2D eigenvalue weighted by Gasteiger charge is 2.78. The lowest BCUT2D eigenvalue weighted by molar-refractivity contribution is -0.346. The van der Waals surface area contributed by atoms with Crippen molar-refractivity contribution >= 4 is 35.8 Å². The van der Waals surface area contributed by atoms with Gasteiger partial charge in [-0.05, 0) is 56.2 Å². The van der Waals surface area contributed by atoms with Gasteiger partial charge in [-0.25, -0.2) is 14.4 Å².